The van der Waals surface area contributed by atoms with Gasteiger partial charge in [-0.1, -0.05) is 0 Å². The van der Waals surface area contributed by atoms with E-state index in [9.17, 15) is 4.79 Å². The molecule has 0 bridgehead atoms. The predicted molar refractivity (Wildman–Crippen MR) is 66.5 cm³/mol. The van der Waals surface area contributed by atoms with E-state index in [0.29, 0.717) is 6.54 Å². The number of carboxylic acid groups (broad SMARTS) is 1. The summed E-state index contributed by atoms with van der Waals surface area (Å²) in [5, 5.41) is 16.1. The van der Waals surface area contributed by atoms with Crippen LogP contribution in [0.4, 0.5) is 5.69 Å². The van der Waals surface area contributed by atoms with Gasteiger partial charge in [0.05, 0.1) is 17.6 Å². The Morgan fingerprint density at radius 1 is 1.50 bits per heavy atom. The Kier molecular flexibility index (Phi) is 3.27. The molecular formula is C12H14N4O2. The number of nitrogens with one attached hydrogen (secondary N) is 1. The highest BCUT2D eigenvalue weighted by atomic mass is 16.4. The first-order chi connectivity index (χ1) is 8.56. The first-order valence-corrected chi connectivity index (χ1v) is 5.48. The molecule has 0 unspecified atom stereocenters. The summed E-state index contributed by atoms with van der Waals surface area (Å²) in [7, 11) is 1.87. The van der Waals surface area contributed by atoms with Crippen LogP contribution in [-0.4, -0.2) is 25.8 Å². The molecule has 2 heterocycles. The quantitative estimate of drug-likeness (QED) is 0.853. The van der Waals surface area contributed by atoms with Crippen molar-refractivity contribution in [2.45, 2.75) is 13.5 Å². The van der Waals surface area contributed by atoms with Crippen molar-refractivity contribution in [3.8, 4) is 0 Å². The smallest absolute Gasteiger partial charge is 0.354 e. The molecule has 0 saturated carbocycles. The molecule has 6 heteroatoms. The van der Waals surface area contributed by atoms with Crippen LogP contribution < -0.4 is 5.32 Å². The van der Waals surface area contributed by atoms with E-state index >= 15 is 0 Å². The lowest BCUT2D eigenvalue weighted by atomic mass is 10.2. The molecule has 0 fully saturated rings. The van der Waals surface area contributed by atoms with Crippen molar-refractivity contribution < 1.29 is 9.90 Å². The molecule has 0 amide bonds. The summed E-state index contributed by atoms with van der Waals surface area (Å²) in [5.74, 6) is -1.02. The number of anilines is 1. The Hall–Kier alpha value is -2.37. The number of pyridine rings is 1. The fourth-order valence-electron chi connectivity index (χ4n) is 1.64. The van der Waals surface area contributed by atoms with Crippen LogP contribution in [0.25, 0.3) is 0 Å². The fourth-order valence-corrected chi connectivity index (χ4v) is 1.64. The molecule has 2 N–H and O–H groups in total. The first-order valence-electron chi connectivity index (χ1n) is 5.48. The predicted octanol–water partition coefficient (Wildman–Crippen LogP) is 1.43. The second-order valence-electron chi connectivity index (χ2n) is 4.00. The molecule has 0 aliphatic heterocycles. The van der Waals surface area contributed by atoms with Crippen LogP contribution in [-0.2, 0) is 13.6 Å². The third kappa shape index (κ3) is 2.65. The monoisotopic (exact) mass is 246 g/mol. The van der Waals surface area contributed by atoms with Gasteiger partial charge >= 0.3 is 5.97 Å². The van der Waals surface area contributed by atoms with E-state index in [2.05, 4.69) is 15.4 Å². The van der Waals surface area contributed by atoms with E-state index in [0.717, 1.165) is 16.9 Å². The highest BCUT2D eigenvalue weighted by Crippen LogP contribution is 2.10. The number of aryl methyl sites for hydroxylation is 2. The lowest BCUT2D eigenvalue weighted by Crippen LogP contribution is -2.03. The van der Waals surface area contributed by atoms with Crippen LogP contribution in [0.5, 0.6) is 0 Å². The molecule has 0 aliphatic carbocycles. The maximum atomic E-state index is 10.6. The molecule has 0 saturated heterocycles. The number of rotatable bonds is 4. The first kappa shape index (κ1) is 12.1. The standard InChI is InChI=1S/C12H14N4O2/c1-8-9(7-16(2)15-8)5-13-10-3-4-11(12(17)18)14-6-10/h3-4,6-7,13H,5H2,1-2H3,(H,17,18). The molecule has 2 rings (SSSR count). The van der Waals surface area contributed by atoms with Crippen LogP contribution in [0.15, 0.2) is 24.5 Å². The minimum atomic E-state index is -1.02. The van der Waals surface area contributed by atoms with Crippen LogP contribution >= 0.6 is 0 Å². The maximum Gasteiger partial charge on any atom is 0.354 e. The molecule has 0 aromatic carbocycles. The van der Waals surface area contributed by atoms with Gasteiger partial charge < -0.3 is 10.4 Å². The molecule has 0 spiro atoms. The van der Waals surface area contributed by atoms with E-state index in [4.69, 9.17) is 5.11 Å². The number of aromatic nitrogens is 3. The SMILES string of the molecule is Cc1nn(C)cc1CNc1ccc(C(=O)O)nc1. The zero-order valence-electron chi connectivity index (χ0n) is 10.2. The summed E-state index contributed by atoms with van der Waals surface area (Å²) in [5.41, 5.74) is 2.89. The van der Waals surface area contributed by atoms with Crippen LogP contribution in [0.2, 0.25) is 0 Å². The number of hydrogen-bond acceptors (Lipinski definition) is 4. The van der Waals surface area contributed by atoms with Gasteiger partial charge in [0.15, 0.2) is 0 Å². The topological polar surface area (TPSA) is 80.0 Å². The van der Waals surface area contributed by atoms with Crippen molar-refractivity contribution >= 4 is 11.7 Å². The lowest BCUT2D eigenvalue weighted by molar-refractivity contribution is 0.0690. The summed E-state index contributed by atoms with van der Waals surface area (Å²) in [6, 6.07) is 3.17. The number of carbonyl (C=O) groups is 1. The number of nitrogens with zero attached hydrogens (tertiary/aromatic N) is 3. The molecule has 2 aromatic heterocycles. The molecule has 6 nitrogen and oxygen atoms in total. The average Bonchev–Trinajstić information content (AvgIpc) is 2.66. The van der Waals surface area contributed by atoms with Crippen molar-refractivity contribution in [2.75, 3.05) is 5.32 Å². The van der Waals surface area contributed by atoms with E-state index in [1.807, 2.05) is 20.2 Å². The molecule has 94 valence electrons. The van der Waals surface area contributed by atoms with Gasteiger partial charge in [0.2, 0.25) is 0 Å². The molecule has 0 atom stereocenters. The molecule has 2 aromatic rings. The van der Waals surface area contributed by atoms with Gasteiger partial charge in [-0.2, -0.15) is 5.10 Å². The van der Waals surface area contributed by atoms with Gasteiger partial charge in [0.25, 0.3) is 0 Å². The van der Waals surface area contributed by atoms with Crippen LogP contribution in [0.1, 0.15) is 21.7 Å². The van der Waals surface area contributed by atoms with Crippen molar-refractivity contribution in [3.63, 3.8) is 0 Å². The minimum Gasteiger partial charge on any atom is -0.477 e. The van der Waals surface area contributed by atoms with Crippen LogP contribution in [0.3, 0.4) is 0 Å². The Balaban J connectivity index is 2.02. The van der Waals surface area contributed by atoms with Gasteiger partial charge in [-0.05, 0) is 19.1 Å². The second-order valence-corrected chi connectivity index (χ2v) is 4.00. The van der Waals surface area contributed by atoms with Crippen LogP contribution in [0, 0.1) is 6.92 Å². The summed E-state index contributed by atoms with van der Waals surface area (Å²) in [4.78, 5) is 14.5. The molecule has 18 heavy (non-hydrogen) atoms. The van der Waals surface area contributed by atoms with E-state index in [1.54, 1.807) is 10.7 Å². The van der Waals surface area contributed by atoms with Crippen molar-refractivity contribution in [1.29, 1.82) is 0 Å². The van der Waals surface area contributed by atoms with Crippen molar-refractivity contribution in [1.82, 2.24) is 14.8 Å². The minimum absolute atomic E-state index is 0.0399. The van der Waals surface area contributed by atoms with Gasteiger partial charge in [0.1, 0.15) is 5.69 Å². The molecule has 0 radical (unpaired) electrons. The van der Waals surface area contributed by atoms with Gasteiger partial charge in [-0.15, -0.1) is 0 Å². The summed E-state index contributed by atoms with van der Waals surface area (Å²) in [6.45, 7) is 2.58. The van der Waals surface area contributed by atoms with Gasteiger partial charge in [-0.25, -0.2) is 9.78 Å². The molecular weight excluding hydrogens is 232 g/mol. The Bertz CT molecular complexity index is 560. The third-order valence-electron chi connectivity index (χ3n) is 2.58. The fraction of sp³-hybridized carbons (Fsp3) is 0.250. The summed E-state index contributed by atoms with van der Waals surface area (Å²) < 4.78 is 1.76. The summed E-state index contributed by atoms with van der Waals surface area (Å²) in [6.07, 6.45) is 3.45. The van der Waals surface area contributed by atoms with Crippen molar-refractivity contribution in [3.05, 3.63) is 41.5 Å². The molecule has 0 aliphatic rings. The van der Waals surface area contributed by atoms with E-state index in [1.165, 1.54) is 12.3 Å². The highest BCUT2D eigenvalue weighted by molar-refractivity contribution is 5.85. The Morgan fingerprint density at radius 3 is 2.78 bits per heavy atom. The van der Waals surface area contributed by atoms with Crippen molar-refractivity contribution in [2.24, 2.45) is 7.05 Å². The van der Waals surface area contributed by atoms with Gasteiger partial charge in [0, 0.05) is 25.4 Å². The second kappa shape index (κ2) is 4.87. The number of hydrogen-bond donors (Lipinski definition) is 2. The summed E-state index contributed by atoms with van der Waals surface area (Å²) >= 11 is 0. The maximum absolute atomic E-state index is 10.6. The highest BCUT2D eigenvalue weighted by Gasteiger charge is 2.05. The zero-order valence-corrected chi connectivity index (χ0v) is 10.2. The van der Waals surface area contributed by atoms with E-state index in [-0.39, 0.29) is 5.69 Å². The number of aromatic carboxylic acids is 1. The Morgan fingerprint density at radius 2 is 2.28 bits per heavy atom. The Labute approximate surface area is 104 Å². The van der Waals surface area contributed by atoms with Gasteiger partial charge in [-0.3, -0.25) is 4.68 Å². The normalized spacial score (nSPS) is 10.3. The zero-order chi connectivity index (χ0) is 13.1. The largest absolute Gasteiger partial charge is 0.477 e. The van der Waals surface area contributed by atoms with E-state index < -0.39 is 5.97 Å². The average molecular weight is 246 g/mol. The third-order valence-corrected chi connectivity index (χ3v) is 2.58. The lowest BCUT2D eigenvalue weighted by Gasteiger charge is -2.05. The number of carboxylic acids is 1.